The van der Waals surface area contributed by atoms with Crippen LogP contribution >= 0.6 is 0 Å². The number of benzene rings is 2. The molecule has 3 N–H and O–H groups in total. The first-order valence-corrected chi connectivity index (χ1v) is 7.64. The highest BCUT2D eigenvalue weighted by Crippen LogP contribution is 2.15. The van der Waals surface area contributed by atoms with E-state index in [-0.39, 0.29) is 23.7 Å². The molecule has 0 aliphatic carbocycles. The van der Waals surface area contributed by atoms with Crippen molar-refractivity contribution in [2.24, 2.45) is 0 Å². The summed E-state index contributed by atoms with van der Waals surface area (Å²) in [5.74, 6) is -0.954. The molecule has 2 aromatic carbocycles. The summed E-state index contributed by atoms with van der Waals surface area (Å²) in [4.78, 5) is 35.0. The number of carbonyl (C=O) groups excluding carboxylic acids is 3. The summed E-state index contributed by atoms with van der Waals surface area (Å²) in [6.45, 7) is 1.46. The minimum absolute atomic E-state index is 0.0242. The van der Waals surface area contributed by atoms with Gasteiger partial charge in [0.2, 0.25) is 0 Å². The molecule has 0 aliphatic rings. The fourth-order valence-electron chi connectivity index (χ4n) is 1.99. The van der Waals surface area contributed by atoms with Gasteiger partial charge >= 0.3 is 0 Å². The number of ketones is 1. The molecular weight excluding hydrogens is 324 g/mol. The number of phenols is 1. The van der Waals surface area contributed by atoms with Gasteiger partial charge in [0.15, 0.2) is 12.4 Å². The number of hydrazine groups is 1. The lowest BCUT2D eigenvalue weighted by molar-refractivity contribution is -0.123. The summed E-state index contributed by atoms with van der Waals surface area (Å²) in [6.07, 6.45) is 0.416. The average Bonchev–Trinajstić information content (AvgIpc) is 2.64. The van der Waals surface area contributed by atoms with Crippen molar-refractivity contribution in [1.29, 1.82) is 0 Å². The number of carbonyl (C=O) groups is 3. The molecule has 0 saturated heterocycles. The van der Waals surface area contributed by atoms with Gasteiger partial charge in [-0.15, -0.1) is 0 Å². The maximum absolute atomic E-state index is 11.8. The molecule has 0 unspecified atom stereocenters. The summed E-state index contributed by atoms with van der Waals surface area (Å²) < 4.78 is 5.27. The van der Waals surface area contributed by atoms with E-state index in [1.165, 1.54) is 12.1 Å². The standard InChI is InChI=1S/C18H18N2O5/c1-2-15(21)12-7-9-13(10-8-12)25-11-17(23)19-20-18(24)14-5-3-4-6-16(14)22/h3-10,22H,2,11H2,1H3,(H,19,23)(H,20,24). The molecule has 2 aromatic rings. The van der Waals surface area contributed by atoms with E-state index >= 15 is 0 Å². The van der Waals surface area contributed by atoms with E-state index in [1.54, 1.807) is 43.3 Å². The van der Waals surface area contributed by atoms with Crippen LogP contribution in [0, 0.1) is 0 Å². The topological polar surface area (TPSA) is 105 Å². The number of aromatic hydroxyl groups is 1. The Kier molecular flexibility index (Phi) is 6.11. The van der Waals surface area contributed by atoms with Crippen LogP contribution in [-0.4, -0.2) is 29.3 Å². The predicted octanol–water partition coefficient (Wildman–Crippen LogP) is 1.82. The van der Waals surface area contributed by atoms with Crippen LogP contribution in [-0.2, 0) is 4.79 Å². The Bertz CT molecular complexity index is 771. The van der Waals surface area contributed by atoms with Crippen molar-refractivity contribution in [3.8, 4) is 11.5 Å². The molecule has 0 saturated carbocycles. The molecule has 7 heteroatoms. The minimum atomic E-state index is -0.645. The zero-order valence-corrected chi connectivity index (χ0v) is 13.6. The predicted molar refractivity (Wildman–Crippen MR) is 90.3 cm³/mol. The van der Waals surface area contributed by atoms with Gasteiger partial charge in [0.25, 0.3) is 11.8 Å². The fourth-order valence-corrected chi connectivity index (χ4v) is 1.99. The SMILES string of the molecule is CCC(=O)c1ccc(OCC(=O)NNC(=O)c2ccccc2O)cc1. The van der Waals surface area contributed by atoms with Gasteiger partial charge in [0.05, 0.1) is 5.56 Å². The van der Waals surface area contributed by atoms with Gasteiger partial charge in [-0.25, -0.2) is 0 Å². The van der Waals surface area contributed by atoms with E-state index < -0.39 is 11.8 Å². The smallest absolute Gasteiger partial charge is 0.276 e. The lowest BCUT2D eigenvalue weighted by Gasteiger charge is -2.09. The third-order valence-corrected chi connectivity index (χ3v) is 3.33. The number of Topliss-reactive ketones (excluding diaryl/α,β-unsaturated/α-hetero) is 1. The quantitative estimate of drug-likeness (QED) is 0.549. The molecule has 0 heterocycles. The summed E-state index contributed by atoms with van der Waals surface area (Å²) in [6, 6.07) is 12.4. The third kappa shape index (κ3) is 5.07. The minimum Gasteiger partial charge on any atom is -0.507 e. The summed E-state index contributed by atoms with van der Waals surface area (Å²) in [5, 5.41) is 9.56. The highest BCUT2D eigenvalue weighted by Gasteiger charge is 2.11. The van der Waals surface area contributed by atoms with E-state index in [0.29, 0.717) is 17.7 Å². The molecule has 0 bridgehead atoms. The molecule has 25 heavy (non-hydrogen) atoms. The Hall–Kier alpha value is -3.35. The van der Waals surface area contributed by atoms with E-state index in [1.807, 2.05) is 0 Å². The molecule has 0 atom stereocenters. The fraction of sp³-hybridized carbons (Fsp3) is 0.167. The van der Waals surface area contributed by atoms with Crippen LogP contribution in [0.25, 0.3) is 0 Å². The van der Waals surface area contributed by atoms with E-state index in [4.69, 9.17) is 4.74 Å². The average molecular weight is 342 g/mol. The van der Waals surface area contributed by atoms with Crippen LogP contribution < -0.4 is 15.6 Å². The van der Waals surface area contributed by atoms with E-state index in [9.17, 15) is 19.5 Å². The second-order valence-electron chi connectivity index (χ2n) is 5.11. The van der Waals surface area contributed by atoms with Crippen molar-refractivity contribution in [2.75, 3.05) is 6.61 Å². The van der Waals surface area contributed by atoms with Crippen LogP contribution in [0.15, 0.2) is 48.5 Å². The number of para-hydroxylation sites is 1. The molecule has 130 valence electrons. The normalized spacial score (nSPS) is 9.96. The van der Waals surface area contributed by atoms with Gasteiger partial charge in [0.1, 0.15) is 11.5 Å². The number of ether oxygens (including phenoxy) is 1. The van der Waals surface area contributed by atoms with Gasteiger partial charge in [0, 0.05) is 12.0 Å². The molecule has 0 spiro atoms. The first-order valence-electron chi connectivity index (χ1n) is 7.64. The molecule has 0 fully saturated rings. The van der Waals surface area contributed by atoms with Gasteiger partial charge in [-0.1, -0.05) is 19.1 Å². The number of amides is 2. The summed E-state index contributed by atoms with van der Waals surface area (Å²) in [7, 11) is 0. The number of hydrogen-bond acceptors (Lipinski definition) is 5. The number of hydrogen-bond donors (Lipinski definition) is 3. The second-order valence-corrected chi connectivity index (χ2v) is 5.11. The molecule has 7 nitrogen and oxygen atoms in total. The Balaban J connectivity index is 1.80. The van der Waals surface area contributed by atoms with Gasteiger partial charge in [-0.05, 0) is 36.4 Å². The molecular formula is C18H18N2O5. The molecule has 2 rings (SSSR count). The Labute approximate surface area is 144 Å². The first-order chi connectivity index (χ1) is 12.0. The van der Waals surface area contributed by atoms with Crippen LogP contribution in [0.1, 0.15) is 34.1 Å². The largest absolute Gasteiger partial charge is 0.507 e. The van der Waals surface area contributed by atoms with Crippen molar-refractivity contribution in [2.45, 2.75) is 13.3 Å². The highest BCUT2D eigenvalue weighted by molar-refractivity contribution is 5.97. The summed E-state index contributed by atoms with van der Waals surface area (Å²) >= 11 is 0. The highest BCUT2D eigenvalue weighted by atomic mass is 16.5. The van der Waals surface area contributed by atoms with Gasteiger partial charge in [-0.2, -0.15) is 0 Å². The molecule has 0 aliphatic heterocycles. The van der Waals surface area contributed by atoms with E-state index in [0.717, 1.165) is 0 Å². The van der Waals surface area contributed by atoms with Crippen molar-refractivity contribution < 1.29 is 24.2 Å². The van der Waals surface area contributed by atoms with E-state index in [2.05, 4.69) is 10.9 Å². The number of rotatable bonds is 6. The van der Waals surface area contributed by atoms with Crippen molar-refractivity contribution in [1.82, 2.24) is 10.9 Å². The lowest BCUT2D eigenvalue weighted by Crippen LogP contribution is -2.43. The Morgan fingerprint density at radius 3 is 2.32 bits per heavy atom. The van der Waals surface area contributed by atoms with Crippen LogP contribution in [0.4, 0.5) is 0 Å². The molecule has 2 amide bonds. The molecule has 0 aromatic heterocycles. The maximum atomic E-state index is 11.8. The Morgan fingerprint density at radius 2 is 1.68 bits per heavy atom. The number of nitrogens with one attached hydrogen (secondary N) is 2. The zero-order chi connectivity index (χ0) is 18.2. The first kappa shape index (κ1) is 18.0. The monoisotopic (exact) mass is 342 g/mol. The van der Waals surface area contributed by atoms with Crippen molar-refractivity contribution in [3.63, 3.8) is 0 Å². The molecule has 0 radical (unpaired) electrons. The number of phenolic OH excluding ortho intramolecular Hbond substituents is 1. The van der Waals surface area contributed by atoms with Crippen molar-refractivity contribution >= 4 is 17.6 Å². The third-order valence-electron chi connectivity index (χ3n) is 3.33. The van der Waals surface area contributed by atoms with Crippen molar-refractivity contribution in [3.05, 3.63) is 59.7 Å². The van der Waals surface area contributed by atoms with Gasteiger partial charge < -0.3 is 9.84 Å². The maximum Gasteiger partial charge on any atom is 0.276 e. The summed E-state index contributed by atoms with van der Waals surface area (Å²) in [5.41, 5.74) is 4.99. The lowest BCUT2D eigenvalue weighted by atomic mass is 10.1. The Morgan fingerprint density at radius 1 is 1.00 bits per heavy atom. The zero-order valence-electron chi connectivity index (χ0n) is 13.6. The van der Waals surface area contributed by atoms with Gasteiger partial charge in [-0.3, -0.25) is 25.2 Å². The second kappa shape index (κ2) is 8.49. The van der Waals surface area contributed by atoms with Crippen LogP contribution in [0.3, 0.4) is 0 Å². The van der Waals surface area contributed by atoms with Crippen LogP contribution in [0.5, 0.6) is 11.5 Å². The van der Waals surface area contributed by atoms with Crippen LogP contribution in [0.2, 0.25) is 0 Å².